The second-order valence-corrected chi connectivity index (χ2v) is 13.4. The minimum absolute atomic E-state index is 0.0829. The molecule has 3 fully saturated rings. The quantitative estimate of drug-likeness (QED) is 0.424. The second-order valence-electron chi connectivity index (χ2n) is 13.4. The fourth-order valence-corrected chi connectivity index (χ4v) is 7.06. The first-order valence-corrected chi connectivity index (χ1v) is 16.8. The van der Waals surface area contributed by atoms with Crippen LogP contribution in [0.5, 0.6) is 5.75 Å². The Bertz CT molecular complexity index is 1080. The molecule has 2 bridgehead atoms. The summed E-state index contributed by atoms with van der Waals surface area (Å²) in [4.78, 5) is 43.1. The Kier molecular flexibility index (Phi) is 11.1. The van der Waals surface area contributed by atoms with E-state index in [9.17, 15) is 19.5 Å². The lowest BCUT2D eigenvalue weighted by Gasteiger charge is -2.31. The normalized spacial score (nSPS) is 30.6. The number of aliphatic hydroxyl groups is 1. The molecule has 1 aliphatic carbocycles. The molecule has 4 aliphatic heterocycles. The largest absolute Gasteiger partial charge is 0.494 e. The minimum atomic E-state index is -0.865. The number of nitrogens with one attached hydrogen (secondary N) is 2. The predicted octanol–water partition coefficient (Wildman–Crippen LogP) is 4.04. The molecule has 238 valence electrons. The van der Waals surface area contributed by atoms with Crippen molar-refractivity contribution in [3.8, 4) is 5.75 Å². The Balaban J connectivity index is 1.35. The zero-order chi connectivity index (χ0) is 30.2. The van der Waals surface area contributed by atoms with Crippen molar-refractivity contribution in [3.63, 3.8) is 0 Å². The van der Waals surface area contributed by atoms with Gasteiger partial charge in [0.15, 0.2) is 5.78 Å². The van der Waals surface area contributed by atoms with E-state index in [2.05, 4.69) is 10.6 Å². The topological polar surface area (TPSA) is 120 Å². The molecular weight excluding hydrogens is 546 g/mol. The van der Waals surface area contributed by atoms with Gasteiger partial charge in [0, 0.05) is 13.0 Å². The van der Waals surface area contributed by atoms with Gasteiger partial charge in [-0.3, -0.25) is 19.3 Å². The van der Waals surface area contributed by atoms with E-state index in [1.807, 2.05) is 29.2 Å². The van der Waals surface area contributed by atoms with E-state index < -0.39 is 30.0 Å². The fourth-order valence-electron chi connectivity index (χ4n) is 7.06. The predicted molar refractivity (Wildman–Crippen MR) is 163 cm³/mol. The highest BCUT2D eigenvalue weighted by atomic mass is 16.6. The Labute approximate surface area is 256 Å². The average molecular weight is 598 g/mol. The number of ether oxygens (including phenoxy) is 2. The van der Waals surface area contributed by atoms with Crippen LogP contribution in [0.4, 0.5) is 0 Å². The molecule has 2 saturated heterocycles. The summed E-state index contributed by atoms with van der Waals surface area (Å²) in [7, 11) is 0. The van der Waals surface area contributed by atoms with Crippen molar-refractivity contribution < 1.29 is 29.0 Å². The number of hydrogen-bond donors (Lipinski definition) is 3. The highest BCUT2D eigenvalue weighted by Gasteiger charge is 2.50. The molecule has 0 aromatic heterocycles. The summed E-state index contributed by atoms with van der Waals surface area (Å²) in [6.45, 7) is 3.47. The number of Topliss-reactive ketones (excluding diaryl/α,β-unsaturated/α-hetero) is 1. The fraction of sp³-hybridized carbons (Fsp3) is 0.735. The number of ketones is 1. The van der Waals surface area contributed by atoms with E-state index in [4.69, 9.17) is 9.47 Å². The van der Waals surface area contributed by atoms with Crippen LogP contribution in [0.3, 0.4) is 0 Å². The van der Waals surface area contributed by atoms with Crippen LogP contribution in [0.15, 0.2) is 24.3 Å². The maximum Gasteiger partial charge on any atom is 0.243 e. The summed E-state index contributed by atoms with van der Waals surface area (Å²) < 4.78 is 11.4. The Morgan fingerprint density at radius 1 is 1.00 bits per heavy atom. The highest BCUT2D eigenvalue weighted by Crippen LogP contribution is 2.33. The van der Waals surface area contributed by atoms with Crippen LogP contribution in [0, 0.1) is 5.92 Å². The van der Waals surface area contributed by atoms with E-state index >= 15 is 0 Å². The van der Waals surface area contributed by atoms with Crippen molar-refractivity contribution in [3.05, 3.63) is 29.8 Å². The molecule has 0 radical (unpaired) electrons. The van der Waals surface area contributed by atoms with Gasteiger partial charge in [0.05, 0.1) is 25.3 Å². The number of rotatable bonds is 6. The molecule has 2 amide bonds. The molecule has 0 spiro atoms. The zero-order valence-corrected chi connectivity index (χ0v) is 25.9. The van der Waals surface area contributed by atoms with Gasteiger partial charge in [-0.15, -0.1) is 0 Å². The third kappa shape index (κ3) is 8.79. The van der Waals surface area contributed by atoms with Crippen LogP contribution in [-0.2, 0) is 25.5 Å². The Hall–Kier alpha value is -2.49. The van der Waals surface area contributed by atoms with Gasteiger partial charge in [-0.05, 0) is 69.1 Å². The van der Waals surface area contributed by atoms with Crippen molar-refractivity contribution in [2.24, 2.45) is 5.92 Å². The van der Waals surface area contributed by atoms with Crippen LogP contribution < -0.4 is 15.4 Å². The maximum absolute atomic E-state index is 14.0. The van der Waals surface area contributed by atoms with Gasteiger partial charge < -0.3 is 25.2 Å². The standard InChI is InChI=1S/C34H51N3O6/c1-34(23-43-34)31(39)27(21-24-11-6-5-7-12-24)35-32(40)28-22-25-15-17-26(18-16-25)42-20-9-4-2-3-8-14-30(38)37-19-10-13-29(37)33(41)36-28/h15-18,24,27-30,38H,2-14,19-23H2,1H3,(H,35,40)(H,36,41)/t27?,28-,29-,30?,34+/m0/s1. The Morgan fingerprint density at radius 2 is 1.67 bits per heavy atom. The first-order chi connectivity index (χ1) is 20.8. The summed E-state index contributed by atoms with van der Waals surface area (Å²) in [5.41, 5.74) is 0.0463. The third-order valence-electron chi connectivity index (χ3n) is 9.88. The van der Waals surface area contributed by atoms with Gasteiger partial charge in [-0.25, -0.2) is 0 Å². The Morgan fingerprint density at radius 3 is 2.42 bits per heavy atom. The van der Waals surface area contributed by atoms with Gasteiger partial charge in [0.25, 0.3) is 0 Å². The molecule has 4 heterocycles. The van der Waals surface area contributed by atoms with Crippen molar-refractivity contribution in [2.45, 2.75) is 133 Å². The summed E-state index contributed by atoms with van der Waals surface area (Å²) in [5, 5.41) is 17.1. The summed E-state index contributed by atoms with van der Waals surface area (Å²) in [6.07, 6.45) is 13.0. The molecule has 3 N–H and O–H groups in total. The summed E-state index contributed by atoms with van der Waals surface area (Å²) in [6, 6.07) is 5.69. The monoisotopic (exact) mass is 597 g/mol. The lowest BCUT2D eigenvalue weighted by molar-refractivity contribution is -0.135. The average Bonchev–Trinajstić information content (AvgIpc) is 3.56. The highest BCUT2D eigenvalue weighted by molar-refractivity contribution is 5.98. The minimum Gasteiger partial charge on any atom is -0.494 e. The number of hydrogen-bond acceptors (Lipinski definition) is 7. The number of nitrogens with zero attached hydrogens (tertiary/aromatic N) is 1. The third-order valence-corrected chi connectivity index (χ3v) is 9.88. The molecule has 6 rings (SSSR count). The van der Waals surface area contributed by atoms with Crippen LogP contribution in [0.2, 0.25) is 0 Å². The van der Waals surface area contributed by atoms with E-state index in [-0.39, 0.29) is 24.0 Å². The molecule has 1 aromatic carbocycles. The number of fused-ring (bicyclic) bond motifs is 13. The van der Waals surface area contributed by atoms with Crippen LogP contribution >= 0.6 is 0 Å². The summed E-state index contributed by atoms with van der Waals surface area (Å²) >= 11 is 0. The molecule has 5 atom stereocenters. The van der Waals surface area contributed by atoms with Crippen molar-refractivity contribution in [1.29, 1.82) is 0 Å². The number of aliphatic hydroxyl groups excluding tert-OH is 1. The molecule has 43 heavy (non-hydrogen) atoms. The second kappa shape index (κ2) is 15.0. The van der Waals surface area contributed by atoms with Gasteiger partial charge in [-0.1, -0.05) is 63.5 Å². The van der Waals surface area contributed by atoms with E-state index in [0.29, 0.717) is 44.9 Å². The number of benzene rings is 1. The number of carbonyl (C=O) groups is 3. The lowest BCUT2D eigenvalue weighted by Crippen LogP contribution is -2.57. The van der Waals surface area contributed by atoms with Gasteiger partial charge in [0.1, 0.15) is 23.6 Å². The van der Waals surface area contributed by atoms with E-state index in [1.54, 1.807) is 6.92 Å². The summed E-state index contributed by atoms with van der Waals surface area (Å²) in [5.74, 6) is 0.480. The van der Waals surface area contributed by atoms with E-state index in [0.717, 1.165) is 75.5 Å². The van der Waals surface area contributed by atoms with Gasteiger partial charge >= 0.3 is 0 Å². The molecule has 1 aromatic rings. The van der Waals surface area contributed by atoms with Gasteiger partial charge in [-0.2, -0.15) is 0 Å². The van der Waals surface area contributed by atoms with Crippen molar-refractivity contribution in [2.75, 3.05) is 19.8 Å². The lowest BCUT2D eigenvalue weighted by atomic mass is 9.82. The molecule has 2 unspecified atom stereocenters. The number of epoxide rings is 1. The smallest absolute Gasteiger partial charge is 0.243 e. The van der Waals surface area contributed by atoms with Crippen LogP contribution in [0.25, 0.3) is 0 Å². The molecular formula is C34H51N3O6. The molecule has 9 nitrogen and oxygen atoms in total. The zero-order valence-electron chi connectivity index (χ0n) is 25.9. The van der Waals surface area contributed by atoms with Crippen molar-refractivity contribution >= 4 is 17.6 Å². The first kappa shape index (κ1) is 31.9. The SMILES string of the molecule is C[C@]1(C(=O)C(CC2CCCCC2)NC(=O)[C@@H]2Cc3ccc(cc3)OCCCCCCCC(O)N3CCC[C@H]3C(=O)N2)CO1. The van der Waals surface area contributed by atoms with Crippen molar-refractivity contribution in [1.82, 2.24) is 15.5 Å². The number of amides is 2. The molecule has 5 aliphatic rings. The van der Waals surface area contributed by atoms with E-state index in [1.165, 1.54) is 6.42 Å². The van der Waals surface area contributed by atoms with Crippen LogP contribution in [0.1, 0.15) is 102 Å². The maximum atomic E-state index is 14.0. The van der Waals surface area contributed by atoms with Gasteiger partial charge in [0.2, 0.25) is 11.8 Å². The van der Waals surface area contributed by atoms with Crippen LogP contribution in [-0.4, -0.2) is 77.3 Å². The number of carbonyl (C=O) groups excluding carboxylic acids is 3. The molecule has 9 heteroatoms. The first-order valence-electron chi connectivity index (χ1n) is 16.8. The molecule has 1 saturated carbocycles.